The number of hydrogen-bond acceptors (Lipinski definition) is 5. The number of allylic oxidation sites excluding steroid dienone is 1. The second kappa shape index (κ2) is 13.9. The molecule has 0 aliphatic heterocycles. The number of methoxy groups -OCH3 is 1. The van der Waals surface area contributed by atoms with E-state index >= 15 is 0 Å². The fraction of sp³-hybridized carbons (Fsp3) is 0.429. The first kappa shape index (κ1) is 27.5. The van der Waals surface area contributed by atoms with Crippen molar-refractivity contribution in [3.63, 3.8) is 0 Å². The first-order chi connectivity index (χ1) is 16.2. The lowest BCUT2D eigenvalue weighted by Gasteiger charge is -2.16. The van der Waals surface area contributed by atoms with Gasteiger partial charge in [0.2, 0.25) is 0 Å². The maximum Gasteiger partial charge on any atom is 0.189 e. The molecule has 0 fully saturated rings. The number of rotatable bonds is 14. The quantitative estimate of drug-likeness (QED) is 0.0925. The SMILES string of the molecule is CCOc1cc(/C=C/c2cc(OC)cc(OCC=C(C)C)c2)ccc1OCOCC[Si](C)(C)C. The minimum atomic E-state index is -1.11. The molecule has 2 aromatic carbocycles. The Hall–Kier alpha value is -2.70. The van der Waals surface area contributed by atoms with Crippen LogP contribution in [0.25, 0.3) is 12.2 Å². The zero-order chi connectivity index (χ0) is 25.0. The summed E-state index contributed by atoms with van der Waals surface area (Å²) in [6.45, 7) is 15.1. The van der Waals surface area contributed by atoms with Crippen LogP contribution in [0.2, 0.25) is 25.7 Å². The van der Waals surface area contributed by atoms with Crippen LogP contribution >= 0.6 is 0 Å². The monoisotopic (exact) mass is 484 g/mol. The molecule has 0 amide bonds. The number of ether oxygens (including phenoxy) is 5. The molecule has 0 unspecified atom stereocenters. The lowest BCUT2D eigenvalue weighted by atomic mass is 10.1. The van der Waals surface area contributed by atoms with Crippen molar-refractivity contribution >= 4 is 20.2 Å². The number of benzene rings is 2. The van der Waals surface area contributed by atoms with Gasteiger partial charge in [-0.15, -0.1) is 0 Å². The van der Waals surface area contributed by atoms with E-state index in [1.807, 2.05) is 61.5 Å². The van der Waals surface area contributed by atoms with Crippen LogP contribution in [0.3, 0.4) is 0 Å². The summed E-state index contributed by atoms with van der Waals surface area (Å²) in [5.74, 6) is 2.91. The van der Waals surface area contributed by atoms with Gasteiger partial charge in [-0.3, -0.25) is 0 Å². The molecule has 2 rings (SSSR count). The molecule has 0 aromatic heterocycles. The van der Waals surface area contributed by atoms with Crippen LogP contribution in [0.5, 0.6) is 23.0 Å². The van der Waals surface area contributed by atoms with Crippen LogP contribution < -0.4 is 18.9 Å². The predicted molar refractivity (Wildman–Crippen MR) is 144 cm³/mol. The molecule has 6 heteroatoms. The van der Waals surface area contributed by atoms with E-state index in [-0.39, 0.29) is 6.79 Å². The fourth-order valence-electron chi connectivity index (χ4n) is 2.95. The van der Waals surface area contributed by atoms with Crippen molar-refractivity contribution in [3.8, 4) is 23.0 Å². The molecule has 0 radical (unpaired) electrons. The van der Waals surface area contributed by atoms with E-state index in [9.17, 15) is 0 Å². The van der Waals surface area contributed by atoms with Crippen molar-refractivity contribution in [2.24, 2.45) is 0 Å². The number of hydrogen-bond donors (Lipinski definition) is 0. The molecule has 0 aliphatic carbocycles. The Kier molecular flexibility index (Phi) is 11.2. The summed E-state index contributed by atoms with van der Waals surface area (Å²) in [4.78, 5) is 0. The molecule has 0 atom stereocenters. The molecule has 0 N–H and O–H groups in total. The van der Waals surface area contributed by atoms with Crippen molar-refractivity contribution in [3.05, 3.63) is 59.2 Å². The summed E-state index contributed by atoms with van der Waals surface area (Å²) < 4.78 is 28.6. The molecule has 0 aliphatic rings. The average Bonchev–Trinajstić information content (AvgIpc) is 2.77. The molecule has 34 heavy (non-hydrogen) atoms. The third-order valence-electron chi connectivity index (χ3n) is 4.91. The van der Waals surface area contributed by atoms with Gasteiger partial charge < -0.3 is 23.7 Å². The molecular weight excluding hydrogens is 444 g/mol. The summed E-state index contributed by atoms with van der Waals surface area (Å²) in [5.41, 5.74) is 3.21. The van der Waals surface area contributed by atoms with E-state index in [4.69, 9.17) is 23.7 Å². The maximum atomic E-state index is 5.86. The van der Waals surface area contributed by atoms with Crippen molar-refractivity contribution in [2.45, 2.75) is 46.5 Å². The Morgan fingerprint density at radius 3 is 2.26 bits per heavy atom. The zero-order valence-corrected chi connectivity index (χ0v) is 22.8. The second-order valence-corrected chi connectivity index (χ2v) is 15.1. The Morgan fingerprint density at radius 2 is 1.59 bits per heavy atom. The van der Waals surface area contributed by atoms with Gasteiger partial charge in [0.25, 0.3) is 0 Å². The highest BCUT2D eigenvalue weighted by Crippen LogP contribution is 2.30. The van der Waals surface area contributed by atoms with Crippen molar-refractivity contribution < 1.29 is 23.7 Å². The standard InChI is InChI=1S/C28H40O5Si/c1-8-31-28-19-23(11-12-27(28)33-21-30-15-16-34(5,6)7)9-10-24-17-25(29-4)20-26(18-24)32-14-13-22(2)3/h9-13,17-20H,8,14-16,21H2,1-7H3/b10-9+. The molecule has 0 saturated carbocycles. The fourth-order valence-corrected chi connectivity index (χ4v) is 3.70. The second-order valence-electron chi connectivity index (χ2n) is 9.49. The molecule has 0 heterocycles. The Bertz CT molecular complexity index is 956. The zero-order valence-electron chi connectivity index (χ0n) is 21.8. The van der Waals surface area contributed by atoms with Crippen LogP contribution in [-0.4, -0.2) is 41.8 Å². The first-order valence-corrected chi connectivity index (χ1v) is 15.5. The predicted octanol–water partition coefficient (Wildman–Crippen LogP) is 7.30. The van der Waals surface area contributed by atoms with Gasteiger partial charge >= 0.3 is 0 Å². The molecule has 0 spiro atoms. The van der Waals surface area contributed by atoms with Gasteiger partial charge in [0, 0.05) is 20.7 Å². The van der Waals surface area contributed by atoms with Gasteiger partial charge in [0.1, 0.15) is 18.1 Å². The van der Waals surface area contributed by atoms with Crippen LogP contribution in [-0.2, 0) is 4.74 Å². The Labute approximate surface area is 206 Å². The third-order valence-corrected chi connectivity index (χ3v) is 6.61. The largest absolute Gasteiger partial charge is 0.497 e. The van der Waals surface area contributed by atoms with Gasteiger partial charge in [0.05, 0.1) is 13.7 Å². The molecule has 186 valence electrons. The Balaban J connectivity index is 2.08. The minimum Gasteiger partial charge on any atom is -0.497 e. The summed E-state index contributed by atoms with van der Waals surface area (Å²) >= 11 is 0. The highest BCUT2D eigenvalue weighted by molar-refractivity contribution is 6.76. The average molecular weight is 485 g/mol. The van der Waals surface area contributed by atoms with Gasteiger partial charge in [-0.1, -0.05) is 43.4 Å². The highest BCUT2D eigenvalue weighted by Gasteiger charge is 2.12. The van der Waals surface area contributed by atoms with E-state index in [2.05, 4.69) is 33.5 Å². The van der Waals surface area contributed by atoms with Crippen molar-refractivity contribution in [1.82, 2.24) is 0 Å². The maximum absolute atomic E-state index is 5.86. The van der Waals surface area contributed by atoms with Gasteiger partial charge in [-0.25, -0.2) is 0 Å². The smallest absolute Gasteiger partial charge is 0.189 e. The molecule has 5 nitrogen and oxygen atoms in total. The summed E-state index contributed by atoms with van der Waals surface area (Å²) in [7, 11) is 0.550. The van der Waals surface area contributed by atoms with E-state index in [0.29, 0.717) is 24.7 Å². The first-order valence-electron chi connectivity index (χ1n) is 11.8. The molecular formula is C28H40O5Si. The van der Waals surface area contributed by atoms with Gasteiger partial charge in [0.15, 0.2) is 18.3 Å². The van der Waals surface area contributed by atoms with Crippen molar-refractivity contribution in [1.29, 1.82) is 0 Å². The topological polar surface area (TPSA) is 46.2 Å². The summed E-state index contributed by atoms with van der Waals surface area (Å²) in [6.07, 6.45) is 6.11. The van der Waals surface area contributed by atoms with E-state index in [1.54, 1.807) is 7.11 Å². The van der Waals surface area contributed by atoms with Crippen LogP contribution in [0.1, 0.15) is 31.9 Å². The lowest BCUT2D eigenvalue weighted by Crippen LogP contribution is -2.22. The summed E-state index contributed by atoms with van der Waals surface area (Å²) in [6, 6.07) is 12.9. The minimum absolute atomic E-state index is 0.221. The normalized spacial score (nSPS) is 11.4. The van der Waals surface area contributed by atoms with E-state index in [0.717, 1.165) is 35.3 Å². The third kappa shape index (κ3) is 10.5. The van der Waals surface area contributed by atoms with Gasteiger partial charge in [-0.05, 0) is 68.3 Å². The molecule has 0 saturated heterocycles. The lowest BCUT2D eigenvalue weighted by molar-refractivity contribution is 0.0202. The van der Waals surface area contributed by atoms with Crippen LogP contribution in [0.4, 0.5) is 0 Å². The molecule has 2 aromatic rings. The van der Waals surface area contributed by atoms with Gasteiger partial charge in [-0.2, -0.15) is 0 Å². The van der Waals surface area contributed by atoms with Crippen molar-refractivity contribution in [2.75, 3.05) is 33.7 Å². The highest BCUT2D eigenvalue weighted by atomic mass is 28.3. The summed E-state index contributed by atoms with van der Waals surface area (Å²) in [5, 5.41) is 0. The van der Waals surface area contributed by atoms with E-state index < -0.39 is 8.07 Å². The van der Waals surface area contributed by atoms with Crippen LogP contribution in [0.15, 0.2) is 48.0 Å². The molecule has 0 bridgehead atoms. The van der Waals surface area contributed by atoms with E-state index in [1.165, 1.54) is 5.57 Å². The Morgan fingerprint density at radius 1 is 0.853 bits per heavy atom. The van der Waals surface area contributed by atoms with Crippen LogP contribution in [0, 0.1) is 0 Å².